The van der Waals surface area contributed by atoms with Crippen LogP contribution in [-0.2, 0) is 16.1 Å². The monoisotopic (exact) mass is 262 g/mol. The molecule has 0 aliphatic carbocycles. The molecule has 7 heteroatoms. The van der Waals surface area contributed by atoms with Gasteiger partial charge in [0.05, 0.1) is 22.9 Å². The number of rotatable bonds is 3. The van der Waals surface area contributed by atoms with Crippen LogP contribution in [0.4, 0.5) is 5.69 Å². The van der Waals surface area contributed by atoms with Gasteiger partial charge in [0.25, 0.3) is 5.69 Å². The van der Waals surface area contributed by atoms with Gasteiger partial charge in [0.2, 0.25) is 0 Å². The summed E-state index contributed by atoms with van der Waals surface area (Å²) < 4.78 is 6.06. The molecule has 2 aromatic rings. The zero-order chi connectivity index (χ0) is 14.0. The molecule has 0 N–H and O–H groups in total. The van der Waals surface area contributed by atoms with Crippen molar-refractivity contribution in [2.45, 2.75) is 6.54 Å². The molecule has 0 aliphatic rings. The molecular formula is C12H10N2O5. The number of fused-ring (bicyclic) bond motifs is 1. The number of hydrogen-bond acceptors (Lipinski definition) is 5. The number of non-ortho nitro benzene ring substituents is 1. The van der Waals surface area contributed by atoms with Gasteiger partial charge in [-0.1, -0.05) is 0 Å². The highest BCUT2D eigenvalue weighted by Crippen LogP contribution is 2.18. The van der Waals surface area contributed by atoms with Crippen LogP contribution < -0.4 is 5.43 Å². The minimum Gasteiger partial charge on any atom is -0.468 e. The fraction of sp³-hybridized carbons (Fsp3) is 0.167. The summed E-state index contributed by atoms with van der Waals surface area (Å²) in [6.07, 6.45) is 1.45. The van der Waals surface area contributed by atoms with E-state index in [-0.39, 0.29) is 23.0 Å². The van der Waals surface area contributed by atoms with Crippen LogP contribution in [0.5, 0.6) is 0 Å². The van der Waals surface area contributed by atoms with Crippen LogP contribution in [0.3, 0.4) is 0 Å². The first-order valence-corrected chi connectivity index (χ1v) is 5.37. The molecule has 2 rings (SSSR count). The smallest absolute Gasteiger partial charge is 0.325 e. The SMILES string of the molecule is COC(=O)Cn1ccc(=O)c2cc([N+](=O)[O-])ccc21. The van der Waals surface area contributed by atoms with Crippen LogP contribution in [0.15, 0.2) is 35.3 Å². The molecule has 0 saturated heterocycles. The highest BCUT2D eigenvalue weighted by Gasteiger charge is 2.11. The Morgan fingerprint density at radius 1 is 1.42 bits per heavy atom. The van der Waals surface area contributed by atoms with E-state index >= 15 is 0 Å². The number of carbonyl (C=O) groups excluding carboxylic acids is 1. The molecule has 0 bridgehead atoms. The number of pyridine rings is 1. The van der Waals surface area contributed by atoms with Crippen molar-refractivity contribution in [1.82, 2.24) is 4.57 Å². The van der Waals surface area contributed by atoms with Crippen LogP contribution in [0, 0.1) is 10.1 Å². The first-order valence-electron chi connectivity index (χ1n) is 5.37. The molecule has 98 valence electrons. The van der Waals surface area contributed by atoms with Crippen LogP contribution in [0.25, 0.3) is 10.9 Å². The van der Waals surface area contributed by atoms with Gasteiger partial charge in [0.15, 0.2) is 5.43 Å². The Labute approximate surface area is 107 Å². The highest BCUT2D eigenvalue weighted by molar-refractivity contribution is 5.82. The van der Waals surface area contributed by atoms with E-state index in [9.17, 15) is 19.7 Å². The largest absolute Gasteiger partial charge is 0.468 e. The predicted octanol–water partition coefficient (Wildman–Crippen LogP) is 1.08. The fourth-order valence-corrected chi connectivity index (χ4v) is 1.75. The van der Waals surface area contributed by atoms with Crippen molar-refractivity contribution in [1.29, 1.82) is 0 Å². The van der Waals surface area contributed by atoms with Gasteiger partial charge in [-0.15, -0.1) is 0 Å². The molecule has 1 heterocycles. The molecule has 1 aromatic carbocycles. The second kappa shape index (κ2) is 4.89. The number of aromatic nitrogens is 1. The van der Waals surface area contributed by atoms with Gasteiger partial charge < -0.3 is 9.30 Å². The molecule has 0 unspecified atom stereocenters. The lowest BCUT2D eigenvalue weighted by molar-refractivity contribution is -0.384. The van der Waals surface area contributed by atoms with Gasteiger partial charge in [-0.3, -0.25) is 19.7 Å². The summed E-state index contributed by atoms with van der Waals surface area (Å²) in [5.41, 5.74) is -0.0521. The fourth-order valence-electron chi connectivity index (χ4n) is 1.75. The maximum Gasteiger partial charge on any atom is 0.325 e. The van der Waals surface area contributed by atoms with E-state index in [4.69, 9.17) is 0 Å². The van der Waals surface area contributed by atoms with Crippen LogP contribution in [-0.4, -0.2) is 22.6 Å². The van der Waals surface area contributed by atoms with Crippen molar-refractivity contribution in [2.75, 3.05) is 7.11 Å². The summed E-state index contributed by atoms with van der Waals surface area (Å²) in [6.45, 7) is -0.0644. The maximum atomic E-state index is 11.7. The summed E-state index contributed by atoms with van der Waals surface area (Å²) in [4.78, 5) is 33.1. The average Bonchev–Trinajstić information content (AvgIpc) is 2.41. The molecule has 19 heavy (non-hydrogen) atoms. The first-order chi connectivity index (χ1) is 9.02. The van der Waals surface area contributed by atoms with E-state index in [0.29, 0.717) is 5.52 Å². The van der Waals surface area contributed by atoms with Crippen LogP contribution in [0.2, 0.25) is 0 Å². The van der Waals surface area contributed by atoms with Crippen molar-refractivity contribution in [3.05, 3.63) is 50.8 Å². The quantitative estimate of drug-likeness (QED) is 0.469. The Kier molecular flexibility index (Phi) is 3.28. The molecule has 0 amide bonds. The second-order valence-electron chi connectivity index (χ2n) is 3.84. The zero-order valence-electron chi connectivity index (χ0n) is 10.0. The number of ether oxygens (including phenoxy) is 1. The van der Waals surface area contributed by atoms with Gasteiger partial charge in [-0.2, -0.15) is 0 Å². The van der Waals surface area contributed by atoms with Gasteiger partial charge in [-0.05, 0) is 6.07 Å². The lowest BCUT2D eigenvalue weighted by Crippen LogP contribution is -2.15. The van der Waals surface area contributed by atoms with Crippen molar-refractivity contribution >= 4 is 22.6 Å². The van der Waals surface area contributed by atoms with E-state index in [1.807, 2.05) is 0 Å². The van der Waals surface area contributed by atoms with Gasteiger partial charge in [0, 0.05) is 24.4 Å². The Hall–Kier alpha value is -2.70. The van der Waals surface area contributed by atoms with Gasteiger partial charge in [0.1, 0.15) is 6.54 Å². The summed E-state index contributed by atoms with van der Waals surface area (Å²) >= 11 is 0. The molecule has 0 fully saturated rings. The molecule has 0 spiro atoms. The summed E-state index contributed by atoms with van der Waals surface area (Å²) in [5, 5.41) is 10.9. The molecule has 1 aromatic heterocycles. The number of nitro benzene ring substituents is 1. The molecule has 0 radical (unpaired) electrons. The summed E-state index contributed by atoms with van der Waals surface area (Å²) in [6, 6.07) is 5.19. The minimum absolute atomic E-state index is 0.0644. The van der Waals surface area contributed by atoms with E-state index in [2.05, 4.69) is 4.74 Å². The second-order valence-corrected chi connectivity index (χ2v) is 3.84. The Bertz CT molecular complexity index is 720. The predicted molar refractivity (Wildman–Crippen MR) is 66.9 cm³/mol. The topological polar surface area (TPSA) is 91.4 Å². The van der Waals surface area contributed by atoms with Crippen LogP contribution >= 0.6 is 0 Å². The highest BCUT2D eigenvalue weighted by atomic mass is 16.6. The first kappa shape index (κ1) is 12.7. The third-order valence-corrected chi connectivity index (χ3v) is 2.70. The number of hydrogen-bond donors (Lipinski definition) is 0. The molecule has 0 aliphatic heterocycles. The van der Waals surface area contributed by atoms with Gasteiger partial charge >= 0.3 is 5.97 Å². The normalized spacial score (nSPS) is 10.4. The maximum absolute atomic E-state index is 11.7. The minimum atomic E-state index is -0.573. The van der Waals surface area contributed by atoms with Crippen LogP contribution in [0.1, 0.15) is 0 Å². The number of nitro groups is 1. The lowest BCUT2D eigenvalue weighted by atomic mass is 10.2. The van der Waals surface area contributed by atoms with E-state index in [1.54, 1.807) is 0 Å². The molecule has 7 nitrogen and oxygen atoms in total. The lowest BCUT2D eigenvalue weighted by Gasteiger charge is -2.08. The molecular weight excluding hydrogens is 252 g/mol. The Morgan fingerprint density at radius 2 is 2.16 bits per heavy atom. The van der Waals surface area contributed by atoms with Crippen molar-refractivity contribution in [2.24, 2.45) is 0 Å². The third kappa shape index (κ3) is 2.44. The van der Waals surface area contributed by atoms with E-state index < -0.39 is 10.9 Å². The number of benzene rings is 1. The number of methoxy groups -OCH3 is 1. The Morgan fingerprint density at radius 3 is 2.79 bits per heavy atom. The van der Waals surface area contributed by atoms with Crippen molar-refractivity contribution in [3.63, 3.8) is 0 Å². The standard InChI is InChI=1S/C12H10N2O5/c1-19-12(16)7-13-5-4-11(15)9-6-8(14(17)18)2-3-10(9)13/h2-6H,7H2,1H3. The van der Waals surface area contributed by atoms with E-state index in [1.165, 1.54) is 42.1 Å². The van der Waals surface area contributed by atoms with Gasteiger partial charge in [-0.25, -0.2) is 0 Å². The zero-order valence-corrected chi connectivity index (χ0v) is 10.0. The van der Waals surface area contributed by atoms with Crippen molar-refractivity contribution in [3.8, 4) is 0 Å². The summed E-state index contributed by atoms with van der Waals surface area (Å²) in [5.74, 6) is -0.469. The molecule has 0 saturated carbocycles. The number of carbonyl (C=O) groups is 1. The molecule has 0 atom stereocenters. The van der Waals surface area contributed by atoms with Crippen molar-refractivity contribution < 1.29 is 14.5 Å². The number of esters is 1. The summed E-state index contributed by atoms with van der Waals surface area (Å²) in [7, 11) is 1.26. The third-order valence-electron chi connectivity index (χ3n) is 2.70. The Balaban J connectivity index is 2.63. The number of nitrogens with zero attached hydrogens (tertiary/aromatic N) is 2. The van der Waals surface area contributed by atoms with E-state index in [0.717, 1.165) is 0 Å². The average molecular weight is 262 g/mol.